The Morgan fingerprint density at radius 1 is 1.38 bits per heavy atom. The van der Waals surface area contributed by atoms with Gasteiger partial charge >= 0.3 is 0 Å². The van der Waals surface area contributed by atoms with Gasteiger partial charge in [-0.25, -0.2) is 13.6 Å². The molecule has 1 fully saturated rings. The number of primary sulfonamides is 1. The molecule has 0 radical (unpaired) electrons. The largest absolute Gasteiger partial charge is 0.362 e. The molecule has 116 valence electrons. The second-order valence-electron chi connectivity index (χ2n) is 5.03. The quantitative estimate of drug-likeness (QED) is 0.616. The molecule has 1 aromatic carbocycles. The number of benzene rings is 1. The van der Waals surface area contributed by atoms with E-state index in [1.54, 1.807) is 0 Å². The normalized spacial score (nSPS) is 19.5. The molecule has 1 atom stereocenters. The lowest BCUT2D eigenvalue weighted by molar-refractivity contribution is -0.384. The molecule has 0 aromatic heterocycles. The zero-order valence-corrected chi connectivity index (χ0v) is 12.3. The first-order valence-corrected chi connectivity index (χ1v) is 8.17. The zero-order valence-electron chi connectivity index (χ0n) is 11.4. The van der Waals surface area contributed by atoms with E-state index in [0.717, 1.165) is 25.3 Å². The van der Waals surface area contributed by atoms with Crippen LogP contribution in [0.3, 0.4) is 0 Å². The highest BCUT2D eigenvalue weighted by Gasteiger charge is 2.28. The van der Waals surface area contributed by atoms with E-state index in [2.05, 4.69) is 0 Å². The Hall–Kier alpha value is -1.71. The van der Waals surface area contributed by atoms with Crippen LogP contribution in [0, 0.1) is 10.1 Å². The molecule has 1 aromatic rings. The van der Waals surface area contributed by atoms with Crippen LogP contribution >= 0.6 is 0 Å². The van der Waals surface area contributed by atoms with Crippen LogP contribution in [0.25, 0.3) is 0 Å². The highest BCUT2D eigenvalue weighted by atomic mass is 32.2. The lowest BCUT2D eigenvalue weighted by atomic mass is 10.0. The van der Waals surface area contributed by atoms with Crippen molar-refractivity contribution in [3.05, 3.63) is 28.3 Å². The minimum atomic E-state index is -3.97. The molecule has 1 saturated heterocycles. The SMILES string of the molecule is NCC1CCCCN1c1ccc(S(N)(=O)=O)cc1[N+](=O)[O-]. The molecular formula is C12H18N4O4S. The summed E-state index contributed by atoms with van der Waals surface area (Å²) in [6, 6.07) is 3.76. The van der Waals surface area contributed by atoms with E-state index in [4.69, 9.17) is 10.9 Å². The average molecular weight is 314 g/mol. The van der Waals surface area contributed by atoms with Crippen molar-refractivity contribution >= 4 is 21.4 Å². The molecule has 1 unspecified atom stereocenters. The van der Waals surface area contributed by atoms with Crippen molar-refractivity contribution in [3.8, 4) is 0 Å². The third-order valence-electron chi connectivity index (χ3n) is 3.68. The number of nitro groups is 1. The molecule has 0 bridgehead atoms. The molecule has 9 heteroatoms. The monoisotopic (exact) mass is 314 g/mol. The van der Waals surface area contributed by atoms with E-state index >= 15 is 0 Å². The van der Waals surface area contributed by atoms with Gasteiger partial charge in [-0.2, -0.15) is 0 Å². The fraction of sp³-hybridized carbons (Fsp3) is 0.500. The summed E-state index contributed by atoms with van der Waals surface area (Å²) in [4.78, 5) is 12.3. The highest BCUT2D eigenvalue weighted by Crippen LogP contribution is 2.34. The Kier molecular flexibility index (Phi) is 4.45. The molecule has 1 aliphatic rings. The predicted octanol–water partition coefficient (Wildman–Crippen LogP) is 0.560. The van der Waals surface area contributed by atoms with E-state index in [-0.39, 0.29) is 16.6 Å². The van der Waals surface area contributed by atoms with Gasteiger partial charge in [0.05, 0.1) is 9.82 Å². The molecule has 21 heavy (non-hydrogen) atoms. The predicted molar refractivity (Wildman–Crippen MR) is 78.5 cm³/mol. The second kappa shape index (κ2) is 5.96. The van der Waals surface area contributed by atoms with Gasteiger partial charge in [-0.1, -0.05) is 0 Å². The molecule has 8 nitrogen and oxygen atoms in total. The summed E-state index contributed by atoms with van der Waals surface area (Å²) in [6.07, 6.45) is 2.82. The van der Waals surface area contributed by atoms with E-state index in [9.17, 15) is 18.5 Å². The van der Waals surface area contributed by atoms with Crippen LogP contribution in [0.1, 0.15) is 19.3 Å². The van der Waals surface area contributed by atoms with Crippen LogP contribution in [0.2, 0.25) is 0 Å². The number of nitro benzene ring substituents is 1. The van der Waals surface area contributed by atoms with Gasteiger partial charge in [0.2, 0.25) is 10.0 Å². The third-order valence-corrected chi connectivity index (χ3v) is 4.59. The van der Waals surface area contributed by atoms with Gasteiger partial charge in [0.15, 0.2) is 0 Å². The van der Waals surface area contributed by atoms with Gasteiger partial charge in [0, 0.05) is 25.2 Å². The number of hydrogen-bond donors (Lipinski definition) is 2. The van der Waals surface area contributed by atoms with Crippen molar-refractivity contribution in [1.29, 1.82) is 0 Å². The number of anilines is 1. The van der Waals surface area contributed by atoms with Gasteiger partial charge in [-0.15, -0.1) is 0 Å². The molecule has 1 aliphatic heterocycles. The maximum atomic E-state index is 11.3. The highest BCUT2D eigenvalue weighted by molar-refractivity contribution is 7.89. The number of nitrogens with two attached hydrogens (primary N) is 2. The topological polar surface area (TPSA) is 133 Å². The maximum Gasteiger partial charge on any atom is 0.293 e. The Bertz CT molecular complexity index is 647. The first-order chi connectivity index (χ1) is 9.84. The third kappa shape index (κ3) is 3.31. The molecule has 0 aliphatic carbocycles. The van der Waals surface area contributed by atoms with Crippen molar-refractivity contribution in [2.45, 2.75) is 30.2 Å². The van der Waals surface area contributed by atoms with Gasteiger partial charge < -0.3 is 10.6 Å². The van der Waals surface area contributed by atoms with Crippen LogP contribution in [0.15, 0.2) is 23.1 Å². The Morgan fingerprint density at radius 3 is 2.67 bits per heavy atom. The minimum absolute atomic E-state index is 0.0257. The molecule has 0 spiro atoms. The van der Waals surface area contributed by atoms with Gasteiger partial charge in [-0.05, 0) is 31.4 Å². The number of rotatable bonds is 4. The summed E-state index contributed by atoms with van der Waals surface area (Å²) in [5.41, 5.74) is 5.86. The van der Waals surface area contributed by atoms with Crippen molar-refractivity contribution < 1.29 is 13.3 Å². The van der Waals surface area contributed by atoms with Crippen LogP contribution in [0.4, 0.5) is 11.4 Å². The van der Waals surface area contributed by atoms with Crippen molar-refractivity contribution in [1.82, 2.24) is 0 Å². The van der Waals surface area contributed by atoms with Crippen LogP contribution in [0.5, 0.6) is 0 Å². The van der Waals surface area contributed by atoms with Crippen molar-refractivity contribution in [3.63, 3.8) is 0 Å². The Morgan fingerprint density at radius 2 is 2.10 bits per heavy atom. The maximum absolute atomic E-state index is 11.3. The second-order valence-corrected chi connectivity index (χ2v) is 6.59. The lowest BCUT2D eigenvalue weighted by Gasteiger charge is -2.36. The molecule has 2 rings (SSSR count). The summed E-state index contributed by atoms with van der Waals surface area (Å²) in [6.45, 7) is 1.06. The first kappa shape index (κ1) is 15.7. The smallest absolute Gasteiger partial charge is 0.293 e. The van der Waals surface area contributed by atoms with E-state index < -0.39 is 14.9 Å². The fourth-order valence-electron chi connectivity index (χ4n) is 2.63. The van der Waals surface area contributed by atoms with Crippen LogP contribution in [-0.4, -0.2) is 32.5 Å². The number of hydrogen-bond acceptors (Lipinski definition) is 6. The summed E-state index contributed by atoms with van der Waals surface area (Å²) >= 11 is 0. The molecule has 0 amide bonds. The van der Waals surface area contributed by atoms with Crippen molar-refractivity contribution in [2.75, 3.05) is 18.0 Å². The Balaban J connectivity index is 2.50. The summed E-state index contributed by atoms with van der Waals surface area (Å²) in [7, 11) is -3.97. The summed E-state index contributed by atoms with van der Waals surface area (Å²) < 4.78 is 22.7. The fourth-order valence-corrected chi connectivity index (χ4v) is 3.17. The molecule has 1 heterocycles. The number of piperidine rings is 1. The van der Waals surface area contributed by atoms with Crippen LogP contribution in [-0.2, 0) is 10.0 Å². The van der Waals surface area contributed by atoms with E-state index in [1.807, 2.05) is 4.90 Å². The van der Waals surface area contributed by atoms with Crippen LogP contribution < -0.4 is 15.8 Å². The molecular weight excluding hydrogens is 296 g/mol. The first-order valence-electron chi connectivity index (χ1n) is 6.62. The molecule has 0 saturated carbocycles. The van der Waals surface area contributed by atoms with Crippen molar-refractivity contribution in [2.24, 2.45) is 10.9 Å². The zero-order chi connectivity index (χ0) is 15.6. The standard InChI is InChI=1S/C12H18N4O4S/c13-8-9-3-1-2-6-15(9)11-5-4-10(21(14,19)20)7-12(11)16(17)18/h4-5,7,9H,1-3,6,8,13H2,(H2,14,19,20). The van der Waals surface area contributed by atoms with E-state index in [1.165, 1.54) is 12.1 Å². The number of sulfonamides is 1. The minimum Gasteiger partial charge on any atom is -0.362 e. The van der Waals surface area contributed by atoms with E-state index in [0.29, 0.717) is 18.8 Å². The Labute approximate surface area is 122 Å². The number of nitrogens with zero attached hydrogens (tertiary/aromatic N) is 2. The average Bonchev–Trinajstić information content (AvgIpc) is 2.45. The van der Waals surface area contributed by atoms with Gasteiger partial charge in [-0.3, -0.25) is 10.1 Å². The lowest BCUT2D eigenvalue weighted by Crippen LogP contribution is -2.44. The van der Waals surface area contributed by atoms with Gasteiger partial charge in [0.25, 0.3) is 5.69 Å². The summed E-state index contributed by atoms with van der Waals surface area (Å²) in [5, 5.41) is 16.3. The summed E-state index contributed by atoms with van der Waals surface area (Å²) in [5.74, 6) is 0. The van der Waals surface area contributed by atoms with Gasteiger partial charge in [0.1, 0.15) is 5.69 Å². The molecule has 4 N–H and O–H groups in total.